The average Bonchev–Trinajstić information content (AvgIpc) is 2.35. The van der Waals surface area contributed by atoms with Crippen LogP contribution < -0.4 is 11.1 Å². The second-order valence-electron chi connectivity index (χ2n) is 3.64. The van der Waals surface area contributed by atoms with Crippen molar-refractivity contribution in [3.63, 3.8) is 0 Å². The highest BCUT2D eigenvalue weighted by molar-refractivity contribution is 9.10. The molecule has 0 spiro atoms. The predicted octanol–water partition coefficient (Wildman–Crippen LogP) is 4.30. The number of rotatable bonds is 2. The molecule has 0 aromatic heterocycles. The van der Waals surface area contributed by atoms with Gasteiger partial charge in [0.1, 0.15) is 0 Å². The van der Waals surface area contributed by atoms with Crippen LogP contribution in [0, 0.1) is 11.3 Å². The van der Waals surface area contributed by atoms with Crippen molar-refractivity contribution in [1.82, 2.24) is 0 Å². The first-order valence-electron chi connectivity index (χ1n) is 5.12. The quantitative estimate of drug-likeness (QED) is 0.810. The monoisotopic (exact) mass is 321 g/mol. The Kier molecular flexibility index (Phi) is 3.75. The van der Waals surface area contributed by atoms with E-state index in [1.54, 1.807) is 36.4 Å². The van der Waals surface area contributed by atoms with Crippen LogP contribution in [0.4, 0.5) is 17.1 Å². The molecular formula is C13H9BrClN3. The average molecular weight is 323 g/mol. The fourth-order valence-corrected chi connectivity index (χ4v) is 2.20. The molecule has 18 heavy (non-hydrogen) atoms. The summed E-state index contributed by atoms with van der Waals surface area (Å²) in [6, 6.07) is 12.6. The van der Waals surface area contributed by atoms with E-state index in [0.717, 1.165) is 10.2 Å². The van der Waals surface area contributed by atoms with Gasteiger partial charge in [0.2, 0.25) is 0 Å². The van der Waals surface area contributed by atoms with Crippen molar-refractivity contribution in [3.8, 4) is 6.07 Å². The second kappa shape index (κ2) is 5.30. The van der Waals surface area contributed by atoms with Crippen molar-refractivity contribution >= 4 is 44.6 Å². The Morgan fingerprint density at radius 3 is 2.67 bits per heavy atom. The molecule has 2 aromatic carbocycles. The molecular weight excluding hydrogens is 314 g/mol. The Morgan fingerprint density at radius 2 is 2.06 bits per heavy atom. The van der Waals surface area contributed by atoms with Crippen LogP contribution in [-0.4, -0.2) is 0 Å². The first kappa shape index (κ1) is 12.7. The minimum Gasteiger partial charge on any atom is -0.397 e. The summed E-state index contributed by atoms with van der Waals surface area (Å²) in [6.07, 6.45) is 0. The summed E-state index contributed by atoms with van der Waals surface area (Å²) < 4.78 is 0.779. The van der Waals surface area contributed by atoms with Gasteiger partial charge in [-0.1, -0.05) is 17.7 Å². The molecule has 0 aliphatic carbocycles. The largest absolute Gasteiger partial charge is 0.397 e. The zero-order chi connectivity index (χ0) is 13.1. The summed E-state index contributed by atoms with van der Waals surface area (Å²) in [6.45, 7) is 0. The van der Waals surface area contributed by atoms with Crippen LogP contribution >= 0.6 is 27.5 Å². The molecule has 0 amide bonds. The predicted molar refractivity (Wildman–Crippen MR) is 78.0 cm³/mol. The van der Waals surface area contributed by atoms with Crippen LogP contribution in [0.2, 0.25) is 5.02 Å². The van der Waals surface area contributed by atoms with Gasteiger partial charge in [-0.3, -0.25) is 0 Å². The molecule has 0 aliphatic rings. The molecule has 2 rings (SSSR count). The maximum absolute atomic E-state index is 8.80. The molecule has 3 nitrogen and oxygen atoms in total. The number of halogens is 2. The molecule has 3 N–H and O–H groups in total. The maximum Gasteiger partial charge on any atom is 0.0992 e. The Bertz CT molecular complexity index is 614. The van der Waals surface area contributed by atoms with Crippen molar-refractivity contribution < 1.29 is 0 Å². The second-order valence-corrected chi connectivity index (χ2v) is 4.90. The number of hydrogen-bond acceptors (Lipinski definition) is 3. The Balaban J connectivity index is 2.38. The molecule has 0 unspecified atom stereocenters. The molecule has 0 radical (unpaired) electrons. The lowest BCUT2D eigenvalue weighted by Gasteiger charge is -2.12. The summed E-state index contributed by atoms with van der Waals surface area (Å²) in [4.78, 5) is 0. The van der Waals surface area contributed by atoms with Crippen molar-refractivity contribution in [2.24, 2.45) is 0 Å². The van der Waals surface area contributed by atoms with Gasteiger partial charge in [0.05, 0.1) is 33.7 Å². The topological polar surface area (TPSA) is 61.8 Å². The van der Waals surface area contributed by atoms with Gasteiger partial charge in [-0.15, -0.1) is 0 Å². The third-order valence-corrected chi connectivity index (χ3v) is 3.37. The number of hydrogen-bond donors (Lipinski definition) is 2. The van der Waals surface area contributed by atoms with Crippen molar-refractivity contribution in [2.75, 3.05) is 11.1 Å². The van der Waals surface area contributed by atoms with Crippen LogP contribution in [0.3, 0.4) is 0 Å². The van der Waals surface area contributed by atoms with Gasteiger partial charge in [-0.25, -0.2) is 0 Å². The highest BCUT2D eigenvalue weighted by atomic mass is 79.9. The van der Waals surface area contributed by atoms with Crippen molar-refractivity contribution in [1.29, 1.82) is 5.26 Å². The van der Waals surface area contributed by atoms with E-state index in [-0.39, 0.29) is 0 Å². The van der Waals surface area contributed by atoms with Gasteiger partial charge in [-0.05, 0) is 46.3 Å². The minimum atomic E-state index is 0.547. The molecule has 90 valence electrons. The number of benzene rings is 2. The summed E-state index contributed by atoms with van der Waals surface area (Å²) in [7, 11) is 0. The van der Waals surface area contributed by atoms with E-state index in [9.17, 15) is 0 Å². The molecule has 0 saturated carbocycles. The number of nitrogens with one attached hydrogen (secondary N) is 1. The molecule has 0 heterocycles. The van der Waals surface area contributed by atoms with Crippen LogP contribution in [0.25, 0.3) is 0 Å². The molecule has 0 aliphatic heterocycles. The van der Waals surface area contributed by atoms with Gasteiger partial charge < -0.3 is 11.1 Å². The summed E-state index contributed by atoms with van der Waals surface area (Å²) in [5.74, 6) is 0. The maximum atomic E-state index is 8.80. The van der Waals surface area contributed by atoms with Gasteiger partial charge >= 0.3 is 0 Å². The number of nitriles is 1. The zero-order valence-electron chi connectivity index (χ0n) is 9.24. The number of para-hydroxylation sites is 1. The third kappa shape index (κ3) is 2.58. The number of nitrogens with two attached hydrogens (primary N) is 1. The lowest BCUT2D eigenvalue weighted by molar-refractivity contribution is 1.46. The van der Waals surface area contributed by atoms with Gasteiger partial charge in [0, 0.05) is 4.47 Å². The smallest absolute Gasteiger partial charge is 0.0992 e. The van der Waals surface area contributed by atoms with Crippen LogP contribution in [-0.2, 0) is 0 Å². The zero-order valence-corrected chi connectivity index (χ0v) is 11.6. The van der Waals surface area contributed by atoms with E-state index in [0.29, 0.717) is 22.0 Å². The standard InChI is InChI=1S/C13H9BrClN3/c14-9-6-8(7-16)4-5-12(9)18-13-10(15)2-1-3-11(13)17/h1-6,18H,17H2. The van der Waals surface area contributed by atoms with E-state index < -0.39 is 0 Å². The third-order valence-electron chi connectivity index (χ3n) is 2.40. The fraction of sp³-hybridized carbons (Fsp3) is 0. The molecule has 5 heteroatoms. The molecule has 0 bridgehead atoms. The number of nitrogen functional groups attached to an aromatic ring is 1. The molecule has 0 fully saturated rings. The molecule has 2 aromatic rings. The highest BCUT2D eigenvalue weighted by Gasteiger charge is 2.07. The lowest BCUT2D eigenvalue weighted by Crippen LogP contribution is -1.97. The van der Waals surface area contributed by atoms with E-state index in [1.165, 1.54) is 0 Å². The Morgan fingerprint density at radius 1 is 1.28 bits per heavy atom. The minimum absolute atomic E-state index is 0.547. The van der Waals surface area contributed by atoms with Crippen LogP contribution in [0.15, 0.2) is 40.9 Å². The number of anilines is 3. The van der Waals surface area contributed by atoms with Crippen LogP contribution in [0.5, 0.6) is 0 Å². The van der Waals surface area contributed by atoms with E-state index in [1.807, 2.05) is 0 Å². The Labute approximate surface area is 118 Å². The summed E-state index contributed by atoms with van der Waals surface area (Å²) >= 11 is 9.48. The normalized spacial score (nSPS) is 9.83. The summed E-state index contributed by atoms with van der Waals surface area (Å²) in [5.41, 5.74) is 8.47. The van der Waals surface area contributed by atoms with E-state index in [4.69, 9.17) is 22.6 Å². The summed E-state index contributed by atoms with van der Waals surface area (Å²) in [5, 5.41) is 12.5. The van der Waals surface area contributed by atoms with E-state index >= 15 is 0 Å². The fourth-order valence-electron chi connectivity index (χ4n) is 1.49. The van der Waals surface area contributed by atoms with E-state index in [2.05, 4.69) is 27.3 Å². The first-order valence-corrected chi connectivity index (χ1v) is 6.29. The van der Waals surface area contributed by atoms with Gasteiger partial charge in [0.25, 0.3) is 0 Å². The SMILES string of the molecule is N#Cc1ccc(Nc2c(N)cccc2Cl)c(Br)c1. The lowest BCUT2D eigenvalue weighted by atomic mass is 10.2. The van der Waals surface area contributed by atoms with Crippen molar-refractivity contribution in [3.05, 3.63) is 51.5 Å². The molecule has 0 saturated heterocycles. The van der Waals surface area contributed by atoms with Crippen molar-refractivity contribution in [2.45, 2.75) is 0 Å². The Hall–Kier alpha value is -1.70. The number of nitrogens with zero attached hydrogens (tertiary/aromatic N) is 1. The highest BCUT2D eigenvalue weighted by Crippen LogP contribution is 2.34. The van der Waals surface area contributed by atoms with Gasteiger partial charge in [0.15, 0.2) is 0 Å². The van der Waals surface area contributed by atoms with Gasteiger partial charge in [-0.2, -0.15) is 5.26 Å². The molecule has 0 atom stereocenters. The first-order chi connectivity index (χ1) is 8.61. The van der Waals surface area contributed by atoms with Crippen LogP contribution in [0.1, 0.15) is 5.56 Å².